The third kappa shape index (κ3) is 2.12. The van der Waals surface area contributed by atoms with Crippen LogP contribution in [0.4, 0.5) is 5.82 Å². The van der Waals surface area contributed by atoms with Gasteiger partial charge in [0, 0.05) is 18.3 Å². The number of nitrogens with zero attached hydrogens (tertiary/aromatic N) is 4. The first-order valence-electron chi connectivity index (χ1n) is 4.91. The second-order valence-corrected chi connectivity index (χ2v) is 3.30. The summed E-state index contributed by atoms with van der Waals surface area (Å²) in [4.78, 5) is 8.21. The molecule has 0 atom stereocenters. The van der Waals surface area contributed by atoms with Crippen molar-refractivity contribution in [3.05, 3.63) is 24.7 Å². The Labute approximate surface area is 88.0 Å². The molecule has 0 saturated carbocycles. The van der Waals surface area contributed by atoms with Crippen LogP contribution in [0.3, 0.4) is 0 Å². The molecule has 0 bridgehead atoms. The summed E-state index contributed by atoms with van der Waals surface area (Å²) in [5.41, 5.74) is 6.39. The van der Waals surface area contributed by atoms with E-state index in [9.17, 15) is 0 Å². The molecule has 5 nitrogen and oxygen atoms in total. The largest absolute Gasteiger partial charge is 0.384 e. The summed E-state index contributed by atoms with van der Waals surface area (Å²) < 4.78 is 1.83. The highest BCUT2D eigenvalue weighted by atomic mass is 15.3. The molecule has 0 saturated heterocycles. The van der Waals surface area contributed by atoms with Crippen LogP contribution in [0.2, 0.25) is 0 Å². The zero-order chi connectivity index (χ0) is 10.7. The summed E-state index contributed by atoms with van der Waals surface area (Å²) in [5.74, 6) is 1.20. The molecule has 2 N–H and O–H groups in total. The van der Waals surface area contributed by atoms with Crippen LogP contribution in [-0.4, -0.2) is 19.7 Å². The fourth-order valence-corrected chi connectivity index (χ4v) is 1.30. The highest BCUT2D eigenvalue weighted by molar-refractivity contribution is 5.54. The molecule has 2 heterocycles. The van der Waals surface area contributed by atoms with Gasteiger partial charge in [0.15, 0.2) is 5.82 Å². The predicted molar refractivity (Wildman–Crippen MR) is 58.0 cm³/mol. The van der Waals surface area contributed by atoms with E-state index in [-0.39, 0.29) is 0 Å². The number of hydrogen-bond acceptors (Lipinski definition) is 4. The van der Waals surface area contributed by atoms with Gasteiger partial charge in [-0.25, -0.2) is 9.97 Å². The Hall–Kier alpha value is -1.91. The van der Waals surface area contributed by atoms with Gasteiger partial charge >= 0.3 is 0 Å². The van der Waals surface area contributed by atoms with Gasteiger partial charge < -0.3 is 5.73 Å². The number of anilines is 1. The molecule has 0 fully saturated rings. The SMILES string of the molecule is CCCn1cnc(-c2ccc(N)nc2)n1. The van der Waals surface area contributed by atoms with E-state index in [2.05, 4.69) is 22.0 Å². The van der Waals surface area contributed by atoms with Gasteiger partial charge in [-0.3, -0.25) is 4.68 Å². The summed E-state index contributed by atoms with van der Waals surface area (Å²) in [6, 6.07) is 3.61. The van der Waals surface area contributed by atoms with E-state index < -0.39 is 0 Å². The third-order valence-corrected chi connectivity index (χ3v) is 2.03. The molecular formula is C10H13N5. The number of rotatable bonds is 3. The molecule has 0 radical (unpaired) electrons. The van der Waals surface area contributed by atoms with Gasteiger partial charge in [0.05, 0.1) is 0 Å². The maximum Gasteiger partial charge on any atom is 0.182 e. The first-order chi connectivity index (χ1) is 7.29. The minimum Gasteiger partial charge on any atom is -0.384 e. The maximum absolute atomic E-state index is 5.50. The van der Waals surface area contributed by atoms with Gasteiger partial charge in [-0.05, 0) is 18.6 Å². The molecule has 2 aromatic heterocycles. The standard InChI is InChI=1S/C10H13N5/c1-2-5-15-7-13-10(14-15)8-3-4-9(11)12-6-8/h3-4,6-7H,2,5H2,1H3,(H2,11,12). The Morgan fingerprint density at radius 1 is 1.33 bits per heavy atom. The molecule has 78 valence electrons. The summed E-state index contributed by atoms with van der Waals surface area (Å²) >= 11 is 0. The number of aryl methyl sites for hydroxylation is 1. The van der Waals surface area contributed by atoms with Crippen molar-refractivity contribution in [2.75, 3.05) is 5.73 Å². The van der Waals surface area contributed by atoms with E-state index in [1.807, 2.05) is 10.7 Å². The molecule has 0 aliphatic heterocycles. The molecule has 2 aromatic rings. The Kier molecular flexibility index (Phi) is 2.62. The van der Waals surface area contributed by atoms with Gasteiger partial charge in [0.2, 0.25) is 0 Å². The molecule has 0 unspecified atom stereocenters. The lowest BCUT2D eigenvalue weighted by atomic mass is 10.3. The van der Waals surface area contributed by atoms with Crippen molar-refractivity contribution < 1.29 is 0 Å². The minimum atomic E-state index is 0.506. The van der Waals surface area contributed by atoms with Gasteiger partial charge in [-0.15, -0.1) is 0 Å². The summed E-state index contributed by atoms with van der Waals surface area (Å²) in [6.45, 7) is 2.99. The highest BCUT2D eigenvalue weighted by Gasteiger charge is 2.03. The smallest absolute Gasteiger partial charge is 0.182 e. The van der Waals surface area contributed by atoms with Crippen LogP contribution in [0.25, 0.3) is 11.4 Å². The lowest BCUT2D eigenvalue weighted by Gasteiger charge is -1.96. The minimum absolute atomic E-state index is 0.506. The van der Waals surface area contributed by atoms with Crippen molar-refractivity contribution in [2.24, 2.45) is 0 Å². The second-order valence-electron chi connectivity index (χ2n) is 3.30. The van der Waals surface area contributed by atoms with Gasteiger partial charge in [0.25, 0.3) is 0 Å². The number of aromatic nitrogens is 4. The lowest BCUT2D eigenvalue weighted by molar-refractivity contribution is 0.602. The van der Waals surface area contributed by atoms with E-state index in [0.29, 0.717) is 11.6 Å². The van der Waals surface area contributed by atoms with Crippen LogP contribution in [0, 0.1) is 0 Å². The van der Waals surface area contributed by atoms with Crippen molar-refractivity contribution in [2.45, 2.75) is 19.9 Å². The van der Waals surface area contributed by atoms with E-state index in [1.54, 1.807) is 18.6 Å². The van der Waals surface area contributed by atoms with Gasteiger partial charge in [-0.1, -0.05) is 6.92 Å². The number of hydrogen-bond donors (Lipinski definition) is 1. The maximum atomic E-state index is 5.50. The average Bonchev–Trinajstić information content (AvgIpc) is 2.68. The molecule has 0 aliphatic rings. The van der Waals surface area contributed by atoms with Crippen molar-refractivity contribution >= 4 is 5.82 Å². The number of nitrogen functional groups attached to an aromatic ring is 1. The van der Waals surface area contributed by atoms with Gasteiger partial charge in [-0.2, -0.15) is 5.10 Å². The van der Waals surface area contributed by atoms with Crippen molar-refractivity contribution in [3.8, 4) is 11.4 Å². The Bertz CT molecular complexity index is 431. The number of pyridine rings is 1. The molecule has 15 heavy (non-hydrogen) atoms. The first kappa shape index (κ1) is 9.64. The van der Waals surface area contributed by atoms with E-state index in [1.165, 1.54) is 0 Å². The Morgan fingerprint density at radius 2 is 2.20 bits per heavy atom. The van der Waals surface area contributed by atoms with Crippen molar-refractivity contribution in [1.29, 1.82) is 0 Å². The monoisotopic (exact) mass is 203 g/mol. The van der Waals surface area contributed by atoms with Crippen LogP contribution < -0.4 is 5.73 Å². The zero-order valence-electron chi connectivity index (χ0n) is 8.59. The predicted octanol–water partition coefficient (Wildman–Crippen LogP) is 1.33. The molecule has 0 aromatic carbocycles. The Balaban J connectivity index is 2.25. The number of nitrogens with two attached hydrogens (primary N) is 1. The molecule has 0 amide bonds. The fourth-order valence-electron chi connectivity index (χ4n) is 1.30. The first-order valence-corrected chi connectivity index (χ1v) is 4.91. The van der Waals surface area contributed by atoms with Crippen LogP contribution in [0.15, 0.2) is 24.7 Å². The summed E-state index contributed by atoms with van der Waals surface area (Å²) in [5, 5.41) is 4.32. The Morgan fingerprint density at radius 3 is 2.87 bits per heavy atom. The van der Waals surface area contributed by atoms with Gasteiger partial charge in [0.1, 0.15) is 12.1 Å². The van der Waals surface area contributed by atoms with E-state index in [4.69, 9.17) is 5.73 Å². The average molecular weight is 203 g/mol. The van der Waals surface area contributed by atoms with Crippen LogP contribution in [0.1, 0.15) is 13.3 Å². The van der Waals surface area contributed by atoms with Crippen LogP contribution in [-0.2, 0) is 6.54 Å². The van der Waals surface area contributed by atoms with E-state index >= 15 is 0 Å². The second kappa shape index (κ2) is 4.08. The molecule has 0 spiro atoms. The molecular weight excluding hydrogens is 190 g/mol. The normalized spacial score (nSPS) is 10.5. The summed E-state index contributed by atoms with van der Waals surface area (Å²) in [7, 11) is 0. The molecule has 5 heteroatoms. The van der Waals surface area contributed by atoms with E-state index in [0.717, 1.165) is 18.5 Å². The van der Waals surface area contributed by atoms with Crippen LogP contribution in [0.5, 0.6) is 0 Å². The topological polar surface area (TPSA) is 69.6 Å². The lowest BCUT2D eigenvalue weighted by Crippen LogP contribution is -1.97. The highest BCUT2D eigenvalue weighted by Crippen LogP contribution is 2.13. The fraction of sp³-hybridized carbons (Fsp3) is 0.300. The molecule has 0 aliphatic carbocycles. The zero-order valence-corrected chi connectivity index (χ0v) is 8.59. The summed E-state index contributed by atoms with van der Waals surface area (Å²) in [6.07, 6.45) is 4.46. The third-order valence-electron chi connectivity index (χ3n) is 2.03. The van der Waals surface area contributed by atoms with Crippen molar-refractivity contribution in [3.63, 3.8) is 0 Å². The van der Waals surface area contributed by atoms with Crippen LogP contribution >= 0.6 is 0 Å². The van der Waals surface area contributed by atoms with Crippen molar-refractivity contribution in [1.82, 2.24) is 19.7 Å². The molecule has 2 rings (SSSR count). The quantitative estimate of drug-likeness (QED) is 0.817.